The van der Waals surface area contributed by atoms with E-state index in [0.29, 0.717) is 17.3 Å². The van der Waals surface area contributed by atoms with Crippen molar-refractivity contribution >= 4 is 44.1 Å². The van der Waals surface area contributed by atoms with E-state index in [9.17, 15) is 17.6 Å². The predicted molar refractivity (Wildman–Crippen MR) is 94.3 cm³/mol. The number of halogens is 3. The molecule has 23 heavy (non-hydrogen) atoms. The van der Waals surface area contributed by atoms with E-state index < -0.39 is 32.0 Å². The molecule has 1 amide bonds. The quantitative estimate of drug-likeness (QED) is 0.724. The van der Waals surface area contributed by atoms with Gasteiger partial charge in [-0.1, -0.05) is 29.8 Å². The summed E-state index contributed by atoms with van der Waals surface area (Å²) in [5, 5.41) is 2.72. The summed E-state index contributed by atoms with van der Waals surface area (Å²) < 4.78 is 37.9. The number of amides is 1. The fraction of sp³-hybridized carbons (Fsp3) is 0.500. The van der Waals surface area contributed by atoms with Gasteiger partial charge in [0.15, 0.2) is 15.7 Å². The fourth-order valence-electron chi connectivity index (χ4n) is 2.07. The third kappa shape index (κ3) is 5.14. The summed E-state index contributed by atoms with van der Waals surface area (Å²) >= 11 is 3.10. The highest BCUT2D eigenvalue weighted by atomic mass is 79.9. The number of hydrogen-bond acceptors (Lipinski definition) is 4. The third-order valence-electron chi connectivity index (χ3n) is 3.77. The van der Waals surface area contributed by atoms with Crippen LogP contribution in [0.5, 0.6) is 0 Å². The molecule has 0 unspecified atom stereocenters. The third-order valence-corrected chi connectivity index (χ3v) is 5.32. The molecular weight excluding hydrogens is 411 g/mol. The van der Waals surface area contributed by atoms with Crippen molar-refractivity contribution in [3.05, 3.63) is 28.0 Å². The van der Waals surface area contributed by atoms with Crippen LogP contribution in [-0.4, -0.2) is 32.7 Å². The molecule has 0 fully saturated rings. The maximum Gasteiger partial charge on any atom is 0.254 e. The smallest absolute Gasteiger partial charge is 0.254 e. The van der Waals surface area contributed by atoms with E-state index in [2.05, 4.69) is 21.2 Å². The molecule has 5 nitrogen and oxygen atoms in total. The summed E-state index contributed by atoms with van der Waals surface area (Å²) in [6.45, 7) is 3.95. The maximum absolute atomic E-state index is 14.4. The van der Waals surface area contributed by atoms with Crippen molar-refractivity contribution in [2.24, 2.45) is 5.73 Å². The molecule has 3 N–H and O–H groups in total. The Morgan fingerprint density at radius 2 is 1.87 bits per heavy atom. The minimum absolute atomic E-state index is 0. The van der Waals surface area contributed by atoms with Gasteiger partial charge in [0, 0.05) is 17.3 Å². The largest absolute Gasteiger partial charge is 0.345 e. The molecule has 0 aliphatic rings. The number of sulfone groups is 1. The lowest BCUT2D eigenvalue weighted by Gasteiger charge is -2.31. The van der Waals surface area contributed by atoms with Crippen molar-refractivity contribution in [2.75, 3.05) is 12.8 Å². The Bertz CT molecular complexity index is 671. The van der Waals surface area contributed by atoms with Gasteiger partial charge in [-0.15, -0.1) is 12.4 Å². The maximum atomic E-state index is 14.4. The summed E-state index contributed by atoms with van der Waals surface area (Å²) in [7, 11) is -3.78. The van der Waals surface area contributed by atoms with Gasteiger partial charge >= 0.3 is 0 Å². The van der Waals surface area contributed by atoms with Crippen molar-refractivity contribution in [1.29, 1.82) is 0 Å². The number of hydrogen-bond donors (Lipinski definition) is 2. The highest BCUT2D eigenvalue weighted by Gasteiger charge is 2.29. The summed E-state index contributed by atoms with van der Waals surface area (Å²) in [6, 6.07) is 2.39. The van der Waals surface area contributed by atoms with E-state index in [-0.39, 0.29) is 24.5 Å². The Hall–Kier alpha value is -0.700. The average molecular weight is 432 g/mol. The molecule has 0 heterocycles. The molecule has 1 aromatic rings. The molecule has 0 spiro atoms. The Kier molecular flexibility index (Phi) is 8.16. The molecule has 9 heteroatoms. The fourth-order valence-corrected chi connectivity index (χ4v) is 3.46. The topological polar surface area (TPSA) is 89.3 Å². The molecule has 0 bridgehead atoms. The lowest BCUT2D eigenvalue weighted by atomic mass is 9.92. The van der Waals surface area contributed by atoms with Crippen molar-refractivity contribution in [1.82, 2.24) is 5.32 Å². The van der Waals surface area contributed by atoms with Crippen LogP contribution in [0.4, 0.5) is 4.39 Å². The first-order valence-electron chi connectivity index (χ1n) is 6.82. The van der Waals surface area contributed by atoms with Crippen molar-refractivity contribution in [2.45, 2.75) is 37.1 Å². The predicted octanol–water partition coefficient (Wildman–Crippen LogP) is 2.66. The first-order chi connectivity index (χ1) is 10.1. The Labute approximate surface area is 150 Å². The molecular formula is C14H21BrClFN2O3S. The summed E-state index contributed by atoms with van der Waals surface area (Å²) in [5.41, 5.74) is 4.74. The molecule has 1 rings (SSSR count). The SMILES string of the molecule is CCC(CC)(CN)NC(=O)c1cc(Br)cc(S(C)(=O)=O)c1F.Cl. The van der Waals surface area contributed by atoms with Gasteiger partial charge in [-0.3, -0.25) is 4.79 Å². The Balaban J connectivity index is 0.00000484. The van der Waals surface area contributed by atoms with E-state index in [4.69, 9.17) is 5.73 Å². The van der Waals surface area contributed by atoms with Crippen molar-refractivity contribution in [3.8, 4) is 0 Å². The van der Waals surface area contributed by atoms with Crippen LogP contribution in [0.2, 0.25) is 0 Å². The summed E-state index contributed by atoms with van der Waals surface area (Å²) in [5.74, 6) is -1.74. The monoisotopic (exact) mass is 430 g/mol. The van der Waals surface area contributed by atoms with E-state index in [0.717, 1.165) is 12.3 Å². The number of nitrogens with two attached hydrogens (primary N) is 1. The van der Waals surface area contributed by atoms with Crippen molar-refractivity contribution in [3.63, 3.8) is 0 Å². The van der Waals surface area contributed by atoms with Crippen molar-refractivity contribution < 1.29 is 17.6 Å². The molecule has 0 aliphatic carbocycles. The van der Waals surface area contributed by atoms with Crippen LogP contribution in [0.3, 0.4) is 0 Å². The van der Waals surface area contributed by atoms with E-state index in [1.54, 1.807) is 0 Å². The number of carbonyl (C=O) groups is 1. The molecule has 1 aromatic carbocycles. The minimum atomic E-state index is -3.78. The van der Waals surface area contributed by atoms with Gasteiger partial charge in [0.1, 0.15) is 4.90 Å². The van der Waals surface area contributed by atoms with Gasteiger partial charge in [-0.05, 0) is 25.0 Å². The molecule has 132 valence electrons. The average Bonchev–Trinajstić information content (AvgIpc) is 2.45. The zero-order valence-electron chi connectivity index (χ0n) is 13.2. The highest BCUT2D eigenvalue weighted by Crippen LogP contribution is 2.25. The number of carbonyl (C=O) groups excluding carboxylic acids is 1. The van der Waals surface area contributed by atoms with Crippen LogP contribution in [-0.2, 0) is 9.84 Å². The van der Waals surface area contributed by atoms with Gasteiger partial charge < -0.3 is 11.1 Å². The van der Waals surface area contributed by atoms with Gasteiger partial charge in [0.05, 0.1) is 11.1 Å². The second-order valence-electron chi connectivity index (χ2n) is 5.18. The zero-order chi connectivity index (χ0) is 17.1. The number of rotatable bonds is 6. The molecule has 0 aromatic heterocycles. The second kappa shape index (κ2) is 8.41. The number of benzene rings is 1. The molecule has 0 aliphatic heterocycles. The lowest BCUT2D eigenvalue weighted by Crippen LogP contribution is -2.53. The zero-order valence-corrected chi connectivity index (χ0v) is 16.4. The number of nitrogens with one attached hydrogen (secondary N) is 1. The van der Waals surface area contributed by atoms with E-state index >= 15 is 0 Å². The van der Waals surface area contributed by atoms with Crippen LogP contribution in [0.1, 0.15) is 37.0 Å². The van der Waals surface area contributed by atoms with Crippen LogP contribution >= 0.6 is 28.3 Å². The lowest BCUT2D eigenvalue weighted by molar-refractivity contribution is 0.0890. The Morgan fingerprint density at radius 1 is 1.35 bits per heavy atom. The molecule has 0 saturated heterocycles. The van der Waals surface area contributed by atoms with Crippen LogP contribution in [0.15, 0.2) is 21.5 Å². The Morgan fingerprint density at radius 3 is 2.26 bits per heavy atom. The first kappa shape index (κ1) is 22.3. The van der Waals surface area contributed by atoms with Gasteiger partial charge in [-0.25, -0.2) is 12.8 Å². The van der Waals surface area contributed by atoms with Gasteiger partial charge in [0.2, 0.25) is 0 Å². The normalized spacial score (nSPS) is 11.7. The van der Waals surface area contributed by atoms with Crippen LogP contribution in [0, 0.1) is 5.82 Å². The standard InChI is InChI=1S/C14H20BrFN2O3S.ClH/c1-4-14(5-2,8-17)18-13(19)10-6-9(15)7-11(12(10)16)22(3,20)21;/h6-7H,4-5,8,17H2,1-3H3,(H,18,19);1H. The molecule has 0 radical (unpaired) electrons. The molecule has 0 saturated carbocycles. The van der Waals surface area contributed by atoms with E-state index in [1.807, 2.05) is 13.8 Å². The van der Waals surface area contributed by atoms with Crippen LogP contribution < -0.4 is 11.1 Å². The minimum Gasteiger partial charge on any atom is -0.345 e. The second-order valence-corrected chi connectivity index (χ2v) is 8.08. The van der Waals surface area contributed by atoms with Gasteiger partial charge in [-0.2, -0.15) is 0 Å². The summed E-state index contributed by atoms with van der Waals surface area (Å²) in [4.78, 5) is 11.9. The van der Waals surface area contributed by atoms with Gasteiger partial charge in [0.25, 0.3) is 5.91 Å². The van der Waals surface area contributed by atoms with Crippen LogP contribution in [0.25, 0.3) is 0 Å². The van der Waals surface area contributed by atoms with E-state index in [1.165, 1.54) is 6.07 Å². The highest BCUT2D eigenvalue weighted by molar-refractivity contribution is 9.10. The molecule has 0 atom stereocenters. The summed E-state index contributed by atoms with van der Waals surface area (Å²) in [6.07, 6.45) is 2.06. The first-order valence-corrected chi connectivity index (χ1v) is 9.50.